The van der Waals surface area contributed by atoms with Crippen LogP contribution in [0.1, 0.15) is 20.7 Å². The minimum atomic E-state index is -1.16. The van der Waals surface area contributed by atoms with Gasteiger partial charge in [-0.15, -0.1) is 0 Å². The van der Waals surface area contributed by atoms with Crippen LogP contribution in [0.2, 0.25) is 10.0 Å². The fourth-order valence-corrected chi connectivity index (χ4v) is 2.33. The quantitative estimate of drug-likeness (QED) is 0.774. The van der Waals surface area contributed by atoms with Crippen LogP contribution in [0.3, 0.4) is 0 Å². The molecule has 0 aliphatic carbocycles. The predicted octanol–water partition coefficient (Wildman–Crippen LogP) is 4.10. The standard InChI is InChI=1S/C13H7BrCl2N2O3/c14-10-2-1-6(5-17-10)12(19)18-11-8(15)3-7(13(20)21)4-9(11)16/h1-5H,(H,18,19)(H,20,21). The Morgan fingerprint density at radius 2 is 1.76 bits per heavy atom. The van der Waals surface area contributed by atoms with Crippen LogP contribution in [0, 0.1) is 0 Å². The second-order valence-electron chi connectivity index (χ2n) is 3.94. The van der Waals surface area contributed by atoms with Gasteiger partial charge >= 0.3 is 5.97 Å². The molecule has 8 heteroatoms. The molecule has 2 aromatic rings. The molecular formula is C13H7BrCl2N2O3. The van der Waals surface area contributed by atoms with E-state index in [1.165, 1.54) is 18.3 Å². The fourth-order valence-electron chi connectivity index (χ4n) is 1.51. The minimum Gasteiger partial charge on any atom is -0.478 e. The zero-order chi connectivity index (χ0) is 15.6. The summed E-state index contributed by atoms with van der Waals surface area (Å²) in [6.07, 6.45) is 1.38. The smallest absolute Gasteiger partial charge is 0.335 e. The maximum Gasteiger partial charge on any atom is 0.335 e. The number of pyridine rings is 1. The van der Waals surface area contributed by atoms with Crippen LogP contribution in [-0.4, -0.2) is 22.0 Å². The summed E-state index contributed by atoms with van der Waals surface area (Å²) >= 11 is 15.1. The van der Waals surface area contributed by atoms with Gasteiger partial charge in [0, 0.05) is 6.20 Å². The first-order chi connectivity index (χ1) is 9.88. The number of hydrogen-bond acceptors (Lipinski definition) is 3. The summed E-state index contributed by atoms with van der Waals surface area (Å²) in [5.41, 5.74) is 0.400. The third-order valence-corrected chi connectivity index (χ3v) is 3.58. The number of carboxylic acids is 1. The molecule has 0 atom stereocenters. The van der Waals surface area contributed by atoms with Crippen molar-refractivity contribution in [1.29, 1.82) is 0 Å². The van der Waals surface area contributed by atoms with Crippen LogP contribution in [0.15, 0.2) is 35.1 Å². The van der Waals surface area contributed by atoms with Crippen molar-refractivity contribution < 1.29 is 14.7 Å². The van der Waals surface area contributed by atoms with Gasteiger partial charge in [-0.25, -0.2) is 9.78 Å². The van der Waals surface area contributed by atoms with E-state index in [0.29, 0.717) is 10.2 Å². The third kappa shape index (κ3) is 3.72. The van der Waals surface area contributed by atoms with E-state index in [0.717, 1.165) is 0 Å². The first-order valence-electron chi connectivity index (χ1n) is 5.53. The van der Waals surface area contributed by atoms with Gasteiger partial charge in [-0.3, -0.25) is 4.79 Å². The van der Waals surface area contributed by atoms with Gasteiger partial charge < -0.3 is 10.4 Å². The average molecular weight is 390 g/mol. The van der Waals surface area contributed by atoms with E-state index in [1.807, 2.05) is 0 Å². The first-order valence-corrected chi connectivity index (χ1v) is 7.08. The van der Waals surface area contributed by atoms with Gasteiger partial charge in [0.05, 0.1) is 26.9 Å². The molecule has 0 saturated carbocycles. The molecule has 0 spiro atoms. The largest absolute Gasteiger partial charge is 0.478 e. The number of carboxylic acid groups (broad SMARTS) is 1. The lowest BCUT2D eigenvalue weighted by Gasteiger charge is -2.10. The number of benzene rings is 1. The molecule has 0 radical (unpaired) electrons. The number of carbonyl (C=O) groups is 2. The number of anilines is 1. The summed E-state index contributed by atoms with van der Waals surface area (Å²) in [7, 11) is 0. The molecule has 0 fully saturated rings. The van der Waals surface area contributed by atoms with Gasteiger partial charge in [-0.05, 0) is 40.2 Å². The van der Waals surface area contributed by atoms with Crippen LogP contribution >= 0.6 is 39.1 Å². The molecule has 0 aliphatic rings. The average Bonchev–Trinajstić information content (AvgIpc) is 2.43. The van der Waals surface area contributed by atoms with Crippen LogP contribution < -0.4 is 5.32 Å². The van der Waals surface area contributed by atoms with E-state index in [4.69, 9.17) is 28.3 Å². The number of aromatic carboxylic acids is 1. The van der Waals surface area contributed by atoms with E-state index >= 15 is 0 Å². The highest BCUT2D eigenvalue weighted by Crippen LogP contribution is 2.32. The Balaban J connectivity index is 2.29. The second kappa shape index (κ2) is 6.43. The first kappa shape index (κ1) is 15.8. The molecule has 2 rings (SSSR count). The summed E-state index contributed by atoms with van der Waals surface area (Å²) in [4.78, 5) is 26.9. The Labute approximate surface area is 138 Å². The van der Waals surface area contributed by atoms with E-state index in [9.17, 15) is 9.59 Å². The molecular weight excluding hydrogens is 383 g/mol. The van der Waals surface area contributed by atoms with Crippen LogP contribution in [0.25, 0.3) is 0 Å². The molecule has 0 aliphatic heterocycles. The summed E-state index contributed by atoms with van der Waals surface area (Å²) in [5.74, 6) is -1.62. The van der Waals surface area contributed by atoms with Gasteiger partial charge in [0.1, 0.15) is 4.60 Å². The molecule has 1 heterocycles. The monoisotopic (exact) mass is 388 g/mol. The van der Waals surface area contributed by atoms with Crippen molar-refractivity contribution in [1.82, 2.24) is 4.98 Å². The normalized spacial score (nSPS) is 10.2. The van der Waals surface area contributed by atoms with Crippen molar-refractivity contribution in [2.75, 3.05) is 5.32 Å². The number of rotatable bonds is 3. The Hall–Kier alpha value is -1.63. The Morgan fingerprint density at radius 1 is 1.14 bits per heavy atom. The highest BCUT2D eigenvalue weighted by molar-refractivity contribution is 9.10. The van der Waals surface area contributed by atoms with Crippen LogP contribution in [0.5, 0.6) is 0 Å². The van der Waals surface area contributed by atoms with E-state index in [-0.39, 0.29) is 21.3 Å². The third-order valence-electron chi connectivity index (χ3n) is 2.52. The van der Waals surface area contributed by atoms with Gasteiger partial charge in [-0.2, -0.15) is 0 Å². The molecule has 0 bridgehead atoms. The van der Waals surface area contributed by atoms with Crippen molar-refractivity contribution in [2.45, 2.75) is 0 Å². The van der Waals surface area contributed by atoms with Gasteiger partial charge in [-0.1, -0.05) is 23.2 Å². The summed E-state index contributed by atoms with van der Waals surface area (Å²) in [5, 5.41) is 11.5. The molecule has 108 valence electrons. The summed E-state index contributed by atoms with van der Waals surface area (Å²) < 4.78 is 0.598. The lowest BCUT2D eigenvalue weighted by molar-refractivity contribution is 0.0696. The molecule has 1 amide bonds. The lowest BCUT2D eigenvalue weighted by atomic mass is 10.2. The molecule has 5 nitrogen and oxygen atoms in total. The SMILES string of the molecule is O=C(O)c1cc(Cl)c(NC(=O)c2ccc(Br)nc2)c(Cl)c1. The molecule has 2 N–H and O–H groups in total. The topological polar surface area (TPSA) is 79.3 Å². The molecule has 0 saturated heterocycles. The lowest BCUT2D eigenvalue weighted by Crippen LogP contribution is -2.13. The predicted molar refractivity (Wildman–Crippen MR) is 83.3 cm³/mol. The number of hydrogen-bond donors (Lipinski definition) is 2. The number of carbonyl (C=O) groups excluding carboxylic acids is 1. The van der Waals surface area contributed by atoms with Gasteiger partial charge in [0.2, 0.25) is 0 Å². The number of nitrogens with one attached hydrogen (secondary N) is 1. The van der Waals surface area contributed by atoms with E-state index < -0.39 is 11.9 Å². The zero-order valence-corrected chi connectivity index (χ0v) is 13.3. The summed E-state index contributed by atoms with van der Waals surface area (Å²) in [6, 6.07) is 5.61. The maximum atomic E-state index is 12.0. The molecule has 1 aromatic heterocycles. The van der Waals surface area contributed by atoms with Crippen molar-refractivity contribution in [3.63, 3.8) is 0 Å². The van der Waals surface area contributed by atoms with Crippen molar-refractivity contribution >= 4 is 56.7 Å². The maximum absolute atomic E-state index is 12.0. The van der Waals surface area contributed by atoms with Gasteiger partial charge in [0.25, 0.3) is 5.91 Å². The highest BCUT2D eigenvalue weighted by atomic mass is 79.9. The van der Waals surface area contributed by atoms with Crippen LogP contribution in [-0.2, 0) is 0 Å². The van der Waals surface area contributed by atoms with E-state index in [1.54, 1.807) is 12.1 Å². The second-order valence-corrected chi connectivity index (χ2v) is 5.57. The number of halogens is 3. The van der Waals surface area contributed by atoms with Gasteiger partial charge in [0.15, 0.2) is 0 Å². The number of aromatic nitrogens is 1. The Kier molecular flexibility index (Phi) is 4.82. The minimum absolute atomic E-state index is 0.0401. The van der Waals surface area contributed by atoms with Crippen molar-refractivity contribution in [3.05, 3.63) is 56.2 Å². The Morgan fingerprint density at radius 3 is 2.24 bits per heavy atom. The molecule has 1 aromatic carbocycles. The zero-order valence-electron chi connectivity index (χ0n) is 10.2. The van der Waals surface area contributed by atoms with E-state index in [2.05, 4.69) is 26.2 Å². The molecule has 21 heavy (non-hydrogen) atoms. The molecule has 0 unspecified atom stereocenters. The fraction of sp³-hybridized carbons (Fsp3) is 0. The van der Waals surface area contributed by atoms with Crippen molar-refractivity contribution in [2.24, 2.45) is 0 Å². The van der Waals surface area contributed by atoms with Crippen molar-refractivity contribution in [3.8, 4) is 0 Å². The highest BCUT2D eigenvalue weighted by Gasteiger charge is 2.15. The number of nitrogens with zero attached hydrogens (tertiary/aromatic N) is 1. The number of amides is 1. The summed E-state index contributed by atoms with van der Waals surface area (Å²) in [6.45, 7) is 0. The van der Waals surface area contributed by atoms with Crippen LogP contribution in [0.4, 0.5) is 5.69 Å². The Bertz CT molecular complexity index is 697.